The quantitative estimate of drug-likeness (QED) is 0.0329. The maximum Gasteiger partial charge on any atom is 0.343 e. The Balaban J connectivity index is 1.36. The SMILES string of the molecule is COC(=O)/C(C)=C\CC1(O)C(=O)C(C)C2C3=C(c4ccccc4C3=O)N(CCN)C3=C2C1(C(C)C(C)C)Oc1c(CC=C(C)C)c2c(c(OC(=O)c4ccc(O[C@@H]5O[C@H](CO)[C@@H](O)[C@H](O)[C@H]5O)cc4)c13)C=CC(C)(CCC=C(C)C)O2. The maximum atomic E-state index is 16.0. The average Bonchev–Trinajstić information content (AvgIpc) is 2.23. The molecule has 11 atom stereocenters. The van der Waals surface area contributed by atoms with E-state index in [-0.39, 0.29) is 59.6 Å². The van der Waals surface area contributed by atoms with Gasteiger partial charge < -0.3 is 64.6 Å². The highest BCUT2D eigenvalue weighted by molar-refractivity contribution is 6.23. The van der Waals surface area contributed by atoms with Crippen LogP contribution in [-0.4, -0.2) is 128 Å². The standard InChI is InChI=1S/C64H76N2O15/c1-32(2)15-14-26-62(10)27-25-43-55(80-62)42(23-18-33(3)4)57-47(56(43)79-60(74)38-19-21-39(22-20-38)77-61-54(71)53(70)52(69)44(31-67)78-61)50-48-45(46-49(66(50)30-29-65)40-16-12-13-17-41(40)51(46)68)36(8)58(72)63(75,28-24-35(7)59(73)76-11)64(48,81-57)37(9)34(5)6/h12-13,15-22,24-25,27,34,36-37,44-45,52-54,61,67,69-71,75H,14,23,26,28-31,65H2,1-11H3/b35-24-/t36?,37?,44-,45?,52-,53+,54-,61-,62?,63?,64?/m1/s1. The summed E-state index contributed by atoms with van der Waals surface area (Å²) >= 11 is 0. The van der Waals surface area contributed by atoms with E-state index in [2.05, 4.69) is 6.08 Å². The first-order valence-corrected chi connectivity index (χ1v) is 27.9. The van der Waals surface area contributed by atoms with Crippen LogP contribution in [0.1, 0.15) is 131 Å². The number of methoxy groups -OCH3 is 1. The molecule has 0 amide bonds. The Morgan fingerprint density at radius 1 is 0.877 bits per heavy atom. The zero-order valence-corrected chi connectivity index (χ0v) is 48.0. The molecule has 17 nitrogen and oxygen atoms in total. The molecule has 0 aromatic heterocycles. The van der Waals surface area contributed by atoms with Gasteiger partial charge in [-0.25, -0.2) is 9.59 Å². The fourth-order valence-corrected chi connectivity index (χ4v) is 12.5. The number of aliphatic hydroxyl groups is 5. The Morgan fingerprint density at radius 3 is 2.19 bits per heavy atom. The largest absolute Gasteiger partial charge is 0.482 e. The second-order valence-corrected chi connectivity index (χ2v) is 23.3. The lowest BCUT2D eigenvalue weighted by Crippen LogP contribution is -2.74. The first-order chi connectivity index (χ1) is 38.4. The van der Waals surface area contributed by atoms with Gasteiger partial charge in [-0.3, -0.25) is 9.59 Å². The molecule has 432 valence electrons. The number of nitrogens with zero attached hydrogens (tertiary/aromatic N) is 1. The number of aliphatic hydroxyl groups excluding tert-OH is 4. The molecule has 1 saturated heterocycles. The Bertz CT molecular complexity index is 3230. The van der Waals surface area contributed by atoms with Gasteiger partial charge in [0.25, 0.3) is 0 Å². The van der Waals surface area contributed by atoms with E-state index in [0.29, 0.717) is 68.9 Å². The van der Waals surface area contributed by atoms with Gasteiger partial charge in [-0.05, 0) is 103 Å². The summed E-state index contributed by atoms with van der Waals surface area (Å²) in [5.74, 6) is -4.80. The molecule has 2 fully saturated rings. The first kappa shape index (κ1) is 58.9. The highest BCUT2D eigenvalue weighted by atomic mass is 16.7. The summed E-state index contributed by atoms with van der Waals surface area (Å²) in [6.45, 7) is 18.6. The fourth-order valence-electron chi connectivity index (χ4n) is 12.5. The summed E-state index contributed by atoms with van der Waals surface area (Å²) < 4.78 is 38.6. The molecule has 3 aromatic carbocycles. The molecule has 0 radical (unpaired) electrons. The molecular weight excluding hydrogens is 1040 g/mol. The van der Waals surface area contributed by atoms with Crippen LogP contribution < -0.4 is 24.7 Å². The third-order valence-electron chi connectivity index (χ3n) is 17.1. The zero-order valence-electron chi connectivity index (χ0n) is 48.0. The van der Waals surface area contributed by atoms with Crippen molar-refractivity contribution in [2.75, 3.05) is 26.8 Å². The van der Waals surface area contributed by atoms with Crippen LogP contribution in [0.25, 0.3) is 17.5 Å². The first-order valence-electron chi connectivity index (χ1n) is 27.9. The normalized spacial score (nSPS) is 28.4. The van der Waals surface area contributed by atoms with Crippen molar-refractivity contribution in [3.05, 3.63) is 134 Å². The predicted octanol–water partition coefficient (Wildman–Crippen LogP) is 7.60. The number of ether oxygens (including phenoxy) is 6. The number of nitrogens with two attached hydrogens (primary N) is 1. The minimum absolute atomic E-state index is 0.0282. The molecule has 3 aromatic rings. The number of fused-ring (bicyclic) bond motifs is 6. The number of rotatable bonds is 17. The minimum atomic E-state index is -2.43. The molecule has 81 heavy (non-hydrogen) atoms. The molecule has 17 heteroatoms. The number of hydrogen-bond acceptors (Lipinski definition) is 17. The van der Waals surface area contributed by atoms with Gasteiger partial charge in [-0.1, -0.05) is 81.3 Å². The maximum absolute atomic E-state index is 16.0. The van der Waals surface area contributed by atoms with Crippen molar-refractivity contribution in [1.82, 2.24) is 4.90 Å². The molecular formula is C64H76N2O15. The van der Waals surface area contributed by atoms with Crippen LogP contribution >= 0.6 is 0 Å². The van der Waals surface area contributed by atoms with Gasteiger partial charge >= 0.3 is 11.9 Å². The number of carbonyl (C=O) groups is 4. The number of Topliss-reactive ketones (excluding diaryl/α,β-unsaturated/α-hetero) is 2. The van der Waals surface area contributed by atoms with Crippen LogP contribution in [0.2, 0.25) is 0 Å². The molecule has 6 aliphatic rings. The van der Waals surface area contributed by atoms with Crippen LogP contribution in [0.15, 0.2) is 101 Å². The molecule has 0 spiro atoms. The van der Waals surface area contributed by atoms with E-state index in [0.717, 1.165) is 11.1 Å². The van der Waals surface area contributed by atoms with Crippen molar-refractivity contribution < 1.29 is 73.1 Å². The van der Waals surface area contributed by atoms with Crippen molar-refractivity contribution in [1.29, 1.82) is 0 Å². The number of carbonyl (C=O) groups excluding carboxylic acids is 4. The predicted molar refractivity (Wildman–Crippen MR) is 303 cm³/mol. The second kappa shape index (κ2) is 22.6. The monoisotopic (exact) mass is 1110 g/mol. The molecule has 6 unspecified atom stereocenters. The molecule has 1 saturated carbocycles. The third kappa shape index (κ3) is 9.87. The number of esters is 2. The number of allylic oxidation sites excluding steroid dienone is 5. The fraction of sp³-hybridized carbons (Fsp3) is 0.469. The summed E-state index contributed by atoms with van der Waals surface area (Å²) in [4.78, 5) is 61.6. The van der Waals surface area contributed by atoms with E-state index < -0.39 is 96.0 Å². The summed E-state index contributed by atoms with van der Waals surface area (Å²) in [5, 5.41) is 55.4. The summed E-state index contributed by atoms with van der Waals surface area (Å²) in [6, 6.07) is 13.0. The van der Waals surface area contributed by atoms with Gasteiger partial charge in [0.15, 0.2) is 28.5 Å². The molecule has 7 N–H and O–H groups in total. The van der Waals surface area contributed by atoms with Gasteiger partial charge in [-0.2, -0.15) is 0 Å². The van der Waals surface area contributed by atoms with Gasteiger partial charge in [0.2, 0.25) is 6.29 Å². The number of benzene rings is 3. The van der Waals surface area contributed by atoms with Crippen LogP contribution in [-0.2, 0) is 25.5 Å². The van der Waals surface area contributed by atoms with Crippen molar-refractivity contribution in [2.24, 2.45) is 29.4 Å². The van der Waals surface area contributed by atoms with Crippen molar-refractivity contribution in [2.45, 2.75) is 142 Å². The van der Waals surface area contributed by atoms with E-state index in [1.165, 1.54) is 37.5 Å². The van der Waals surface area contributed by atoms with Gasteiger partial charge in [0.05, 0.1) is 41.8 Å². The van der Waals surface area contributed by atoms with E-state index in [9.17, 15) is 30.3 Å². The lowest BCUT2D eigenvalue weighted by Gasteiger charge is -2.62. The van der Waals surface area contributed by atoms with E-state index in [4.69, 9.17) is 34.2 Å². The highest BCUT2D eigenvalue weighted by Gasteiger charge is 2.73. The minimum Gasteiger partial charge on any atom is -0.482 e. The highest BCUT2D eigenvalue weighted by Crippen LogP contribution is 2.68. The Hall–Kier alpha value is -6.70. The number of hydrogen-bond donors (Lipinski definition) is 6. The zero-order chi connectivity index (χ0) is 58.8. The third-order valence-corrected chi connectivity index (χ3v) is 17.1. The summed E-state index contributed by atoms with van der Waals surface area (Å²) in [5.41, 5.74) is 7.68. The van der Waals surface area contributed by atoms with E-state index in [1.54, 1.807) is 26.0 Å². The van der Waals surface area contributed by atoms with E-state index in [1.807, 2.05) is 90.7 Å². The molecule has 2 aliphatic carbocycles. The Kier molecular flexibility index (Phi) is 16.4. The lowest BCUT2D eigenvalue weighted by molar-refractivity contribution is -0.277. The average molecular weight is 1110 g/mol. The molecule has 9 rings (SSSR count). The topological polar surface area (TPSA) is 254 Å². The Labute approximate surface area is 473 Å². The van der Waals surface area contributed by atoms with E-state index >= 15 is 14.4 Å². The molecule has 4 heterocycles. The Morgan fingerprint density at radius 2 is 1.56 bits per heavy atom. The lowest BCUT2D eigenvalue weighted by atomic mass is 9.50. The van der Waals surface area contributed by atoms with Crippen LogP contribution in [0, 0.1) is 23.7 Å². The van der Waals surface area contributed by atoms with Crippen LogP contribution in [0.5, 0.6) is 23.0 Å². The van der Waals surface area contributed by atoms with Crippen molar-refractivity contribution in [3.63, 3.8) is 0 Å². The van der Waals surface area contributed by atoms with Crippen molar-refractivity contribution in [3.8, 4) is 23.0 Å². The summed E-state index contributed by atoms with van der Waals surface area (Å²) in [7, 11) is 1.25. The molecule has 0 bridgehead atoms. The van der Waals surface area contributed by atoms with Crippen LogP contribution in [0.3, 0.4) is 0 Å². The van der Waals surface area contributed by atoms with Crippen LogP contribution in [0.4, 0.5) is 0 Å². The smallest absolute Gasteiger partial charge is 0.343 e. The number of ketones is 2. The van der Waals surface area contributed by atoms with Gasteiger partial charge in [0, 0.05) is 70.7 Å². The van der Waals surface area contributed by atoms with Crippen molar-refractivity contribution >= 4 is 41.0 Å². The van der Waals surface area contributed by atoms with Gasteiger partial charge in [-0.15, -0.1) is 0 Å². The molecule has 4 aliphatic heterocycles. The summed E-state index contributed by atoms with van der Waals surface area (Å²) in [6.07, 6.45) is 2.89. The van der Waals surface area contributed by atoms with Gasteiger partial charge in [0.1, 0.15) is 47.3 Å². The second-order valence-electron chi connectivity index (χ2n) is 23.3.